The lowest BCUT2D eigenvalue weighted by Gasteiger charge is -2.35. The van der Waals surface area contributed by atoms with Crippen molar-refractivity contribution < 1.29 is 9.52 Å². The lowest BCUT2D eigenvalue weighted by atomic mass is 9.95. The molecule has 2 heterocycles. The monoisotopic (exact) mass is 296 g/mol. The molecule has 1 N–H and O–H groups in total. The second-order valence-electron chi connectivity index (χ2n) is 6.37. The van der Waals surface area contributed by atoms with Crippen molar-refractivity contribution in [2.75, 3.05) is 33.2 Å². The van der Waals surface area contributed by atoms with E-state index in [2.05, 4.69) is 34.0 Å². The smallest absolute Gasteiger partial charge is 0.233 e. The van der Waals surface area contributed by atoms with E-state index in [-0.39, 0.29) is 12.1 Å². The summed E-state index contributed by atoms with van der Waals surface area (Å²) in [7, 11) is 2.12. The minimum Gasteiger partial charge on any atom is -0.424 e. The molecule has 0 saturated carbocycles. The predicted molar refractivity (Wildman–Crippen MR) is 80.9 cm³/mol. The van der Waals surface area contributed by atoms with Gasteiger partial charge in [-0.2, -0.15) is 0 Å². The molecule has 1 aliphatic heterocycles. The van der Waals surface area contributed by atoms with Gasteiger partial charge in [-0.25, -0.2) is 0 Å². The van der Waals surface area contributed by atoms with E-state index in [4.69, 9.17) is 4.42 Å². The molecule has 0 amide bonds. The summed E-state index contributed by atoms with van der Waals surface area (Å²) in [5, 5.41) is 17.5. The summed E-state index contributed by atoms with van der Waals surface area (Å²) in [5.41, 5.74) is 0. The van der Waals surface area contributed by atoms with Crippen LogP contribution in [0.4, 0.5) is 0 Å². The maximum Gasteiger partial charge on any atom is 0.233 e. The summed E-state index contributed by atoms with van der Waals surface area (Å²) in [4.78, 5) is 4.65. The lowest BCUT2D eigenvalue weighted by molar-refractivity contribution is 0.0865. The van der Waals surface area contributed by atoms with Crippen LogP contribution in [0.1, 0.15) is 44.5 Å². The number of aryl methyl sites for hydroxylation is 1. The van der Waals surface area contributed by atoms with E-state index in [1.807, 2.05) is 13.8 Å². The topological polar surface area (TPSA) is 65.6 Å². The number of hydrogen-bond donors (Lipinski definition) is 1. The Morgan fingerprint density at radius 1 is 1.33 bits per heavy atom. The Bertz CT molecular complexity index is 427. The maximum absolute atomic E-state index is 9.44. The van der Waals surface area contributed by atoms with Crippen molar-refractivity contribution >= 4 is 0 Å². The predicted octanol–water partition coefficient (Wildman–Crippen LogP) is 1.46. The number of aliphatic hydroxyl groups is 1. The fourth-order valence-corrected chi connectivity index (χ4v) is 2.96. The number of nitrogens with zero attached hydrogens (tertiary/aromatic N) is 4. The van der Waals surface area contributed by atoms with Crippen molar-refractivity contribution in [1.82, 2.24) is 20.0 Å². The van der Waals surface area contributed by atoms with Gasteiger partial charge in [-0.15, -0.1) is 10.2 Å². The largest absolute Gasteiger partial charge is 0.424 e. The summed E-state index contributed by atoms with van der Waals surface area (Å²) in [6.07, 6.45) is 2.14. The van der Waals surface area contributed by atoms with Gasteiger partial charge in [0.25, 0.3) is 0 Å². The van der Waals surface area contributed by atoms with Gasteiger partial charge in [-0.3, -0.25) is 4.90 Å². The first-order chi connectivity index (χ1) is 9.95. The molecule has 0 bridgehead atoms. The summed E-state index contributed by atoms with van der Waals surface area (Å²) < 4.78 is 5.52. The van der Waals surface area contributed by atoms with E-state index in [1.165, 1.54) is 12.8 Å². The first kappa shape index (κ1) is 16.4. The van der Waals surface area contributed by atoms with Gasteiger partial charge >= 0.3 is 0 Å². The van der Waals surface area contributed by atoms with Gasteiger partial charge in [0.15, 0.2) is 0 Å². The van der Waals surface area contributed by atoms with Crippen LogP contribution < -0.4 is 0 Å². The second kappa shape index (κ2) is 7.33. The van der Waals surface area contributed by atoms with Crippen LogP contribution in [0.15, 0.2) is 4.42 Å². The SMILES string of the molecule is Cc1nnc([C@@H](C)N(C)CC2CCN(C[C@@H](C)O)CC2)o1. The zero-order valence-corrected chi connectivity index (χ0v) is 13.6. The molecule has 0 aromatic carbocycles. The molecule has 2 rings (SSSR count). The van der Waals surface area contributed by atoms with Crippen LogP contribution in [-0.2, 0) is 0 Å². The number of aromatic nitrogens is 2. The van der Waals surface area contributed by atoms with Gasteiger partial charge in [0.05, 0.1) is 12.1 Å². The van der Waals surface area contributed by atoms with E-state index < -0.39 is 0 Å². The maximum atomic E-state index is 9.44. The normalized spacial score (nSPS) is 20.9. The molecule has 21 heavy (non-hydrogen) atoms. The summed E-state index contributed by atoms with van der Waals surface area (Å²) >= 11 is 0. The van der Waals surface area contributed by atoms with Crippen LogP contribution in [0, 0.1) is 12.8 Å². The third-order valence-corrected chi connectivity index (χ3v) is 4.34. The molecule has 2 atom stereocenters. The molecule has 1 aliphatic rings. The summed E-state index contributed by atoms with van der Waals surface area (Å²) in [5.74, 6) is 2.02. The highest BCUT2D eigenvalue weighted by atomic mass is 16.4. The Hall–Kier alpha value is -0.980. The number of hydrogen-bond acceptors (Lipinski definition) is 6. The van der Waals surface area contributed by atoms with Crippen LogP contribution in [0.25, 0.3) is 0 Å². The third-order valence-electron chi connectivity index (χ3n) is 4.34. The summed E-state index contributed by atoms with van der Waals surface area (Å²) in [6.45, 7) is 9.78. The van der Waals surface area contributed by atoms with E-state index in [1.54, 1.807) is 0 Å². The Morgan fingerprint density at radius 2 is 2.00 bits per heavy atom. The fourth-order valence-electron chi connectivity index (χ4n) is 2.96. The average molecular weight is 296 g/mol. The van der Waals surface area contributed by atoms with Crippen LogP contribution in [-0.4, -0.2) is 64.4 Å². The van der Waals surface area contributed by atoms with Crippen LogP contribution in [0.3, 0.4) is 0 Å². The van der Waals surface area contributed by atoms with Crippen molar-refractivity contribution in [3.05, 3.63) is 11.8 Å². The molecule has 1 aromatic rings. The first-order valence-electron chi connectivity index (χ1n) is 7.86. The van der Waals surface area contributed by atoms with E-state index in [0.29, 0.717) is 17.7 Å². The quantitative estimate of drug-likeness (QED) is 0.857. The zero-order chi connectivity index (χ0) is 15.4. The molecule has 1 fully saturated rings. The molecule has 120 valence electrons. The number of β-amino-alcohol motifs (C(OH)–C–C–N with tert-alkyl or cyclic N) is 1. The molecule has 0 spiro atoms. The number of likely N-dealkylation sites (tertiary alicyclic amines) is 1. The Kier molecular flexibility index (Phi) is 5.72. The second-order valence-corrected chi connectivity index (χ2v) is 6.37. The van der Waals surface area contributed by atoms with Gasteiger partial charge in [-0.1, -0.05) is 0 Å². The molecule has 0 aliphatic carbocycles. The van der Waals surface area contributed by atoms with Gasteiger partial charge in [0, 0.05) is 20.0 Å². The first-order valence-corrected chi connectivity index (χ1v) is 7.86. The van der Waals surface area contributed by atoms with Gasteiger partial charge in [0.1, 0.15) is 0 Å². The van der Waals surface area contributed by atoms with Crippen molar-refractivity contribution in [2.45, 2.75) is 45.8 Å². The highest BCUT2D eigenvalue weighted by Crippen LogP contribution is 2.23. The van der Waals surface area contributed by atoms with E-state index in [9.17, 15) is 5.11 Å². The Balaban J connectivity index is 1.77. The van der Waals surface area contributed by atoms with Crippen molar-refractivity contribution in [3.63, 3.8) is 0 Å². The molecular weight excluding hydrogens is 268 g/mol. The summed E-state index contributed by atoms with van der Waals surface area (Å²) in [6, 6.07) is 0.154. The standard InChI is InChI=1S/C15H28N4O2/c1-11(20)9-19-7-5-14(6-8-19)10-18(4)12(2)15-17-16-13(3)21-15/h11-12,14,20H,5-10H2,1-4H3/t11-,12-/m1/s1. The van der Waals surface area contributed by atoms with Crippen LogP contribution in [0.2, 0.25) is 0 Å². The molecule has 6 heteroatoms. The highest BCUT2D eigenvalue weighted by Gasteiger charge is 2.24. The molecule has 0 radical (unpaired) electrons. The van der Waals surface area contributed by atoms with Crippen LogP contribution in [0.5, 0.6) is 0 Å². The van der Waals surface area contributed by atoms with Gasteiger partial charge in [-0.05, 0) is 52.7 Å². The Labute approximate surface area is 127 Å². The molecular formula is C15H28N4O2. The molecule has 1 aromatic heterocycles. The van der Waals surface area contributed by atoms with E-state index in [0.717, 1.165) is 26.2 Å². The zero-order valence-electron chi connectivity index (χ0n) is 13.6. The van der Waals surface area contributed by atoms with Gasteiger partial charge < -0.3 is 14.4 Å². The van der Waals surface area contributed by atoms with Crippen molar-refractivity contribution in [3.8, 4) is 0 Å². The van der Waals surface area contributed by atoms with Crippen LogP contribution >= 0.6 is 0 Å². The third kappa shape index (κ3) is 4.76. The fraction of sp³-hybridized carbons (Fsp3) is 0.867. The Morgan fingerprint density at radius 3 is 2.52 bits per heavy atom. The number of rotatable bonds is 6. The van der Waals surface area contributed by atoms with Gasteiger partial charge in [0.2, 0.25) is 11.8 Å². The molecule has 0 unspecified atom stereocenters. The number of piperidine rings is 1. The minimum absolute atomic E-state index is 0.154. The van der Waals surface area contributed by atoms with E-state index >= 15 is 0 Å². The molecule has 1 saturated heterocycles. The number of aliphatic hydroxyl groups excluding tert-OH is 1. The average Bonchev–Trinajstić information content (AvgIpc) is 2.86. The lowest BCUT2D eigenvalue weighted by Crippen LogP contribution is -2.41. The van der Waals surface area contributed by atoms with Crippen molar-refractivity contribution in [2.24, 2.45) is 5.92 Å². The molecule has 6 nitrogen and oxygen atoms in total. The highest BCUT2D eigenvalue weighted by molar-refractivity contribution is 4.88. The van der Waals surface area contributed by atoms with Crippen molar-refractivity contribution in [1.29, 1.82) is 0 Å². The minimum atomic E-state index is -0.231.